The molecule has 0 saturated carbocycles. The van der Waals surface area contributed by atoms with Crippen LogP contribution in [-0.2, 0) is 6.54 Å². The van der Waals surface area contributed by atoms with Crippen LogP contribution in [-0.4, -0.2) is 48.7 Å². The minimum Gasteiger partial charge on any atom is -0.481 e. The van der Waals surface area contributed by atoms with Crippen molar-refractivity contribution in [1.82, 2.24) is 20.6 Å². The predicted octanol–water partition coefficient (Wildman–Crippen LogP) is 2.58. The molecule has 1 aliphatic rings. The number of anilines is 1. The Morgan fingerprint density at radius 2 is 2.21 bits per heavy atom. The molecule has 3 rings (SSSR count). The summed E-state index contributed by atoms with van der Waals surface area (Å²) >= 11 is 0. The van der Waals surface area contributed by atoms with Gasteiger partial charge in [0.05, 0.1) is 13.7 Å². The number of nitrogens with one attached hydrogen (secondary N) is 2. The van der Waals surface area contributed by atoms with Gasteiger partial charge in [-0.1, -0.05) is 6.07 Å². The summed E-state index contributed by atoms with van der Waals surface area (Å²) in [6, 6.07) is 6.99. The lowest BCUT2D eigenvalue weighted by Gasteiger charge is -2.20. The van der Waals surface area contributed by atoms with Gasteiger partial charge in [-0.05, 0) is 31.0 Å². The van der Waals surface area contributed by atoms with Crippen LogP contribution in [0.5, 0.6) is 5.88 Å². The van der Waals surface area contributed by atoms with Crippen LogP contribution >= 0.6 is 24.0 Å². The molecule has 0 bridgehead atoms. The number of hydrogen-bond acceptors (Lipinski definition) is 5. The number of nitrogens with zero attached hydrogens (tertiary/aromatic N) is 4. The number of ether oxygens (including phenoxy) is 1. The molecule has 0 aromatic carbocycles. The van der Waals surface area contributed by atoms with Gasteiger partial charge in [-0.15, -0.1) is 24.0 Å². The van der Waals surface area contributed by atoms with E-state index in [1.165, 1.54) is 6.07 Å². The standard InChI is InChI=1S/C19H25FN6O.HI/c1-3-21-19(24-12-14-6-7-17(27-2)23-11-14)25-15-8-10-26(13-15)18-16(20)5-4-9-22-18;/h4-7,9,11,15H,3,8,10,12-13H2,1-2H3,(H2,21,24,25);1H. The van der Waals surface area contributed by atoms with Gasteiger partial charge in [0.25, 0.3) is 0 Å². The third-order valence-electron chi connectivity index (χ3n) is 4.34. The van der Waals surface area contributed by atoms with E-state index in [1.54, 1.807) is 25.6 Å². The zero-order chi connectivity index (χ0) is 19.1. The van der Waals surface area contributed by atoms with Crippen LogP contribution < -0.4 is 20.3 Å². The summed E-state index contributed by atoms with van der Waals surface area (Å²) in [6.07, 6.45) is 4.27. The molecule has 1 atom stereocenters. The van der Waals surface area contributed by atoms with E-state index in [4.69, 9.17) is 4.74 Å². The Balaban J connectivity index is 0.00000280. The van der Waals surface area contributed by atoms with Gasteiger partial charge >= 0.3 is 0 Å². The van der Waals surface area contributed by atoms with Gasteiger partial charge in [0, 0.05) is 44.1 Å². The molecule has 3 heterocycles. The highest BCUT2D eigenvalue weighted by molar-refractivity contribution is 14.0. The number of pyridine rings is 2. The fourth-order valence-electron chi connectivity index (χ4n) is 2.99. The van der Waals surface area contributed by atoms with E-state index in [9.17, 15) is 4.39 Å². The average molecular weight is 500 g/mol. The van der Waals surface area contributed by atoms with Crippen LogP contribution in [0.1, 0.15) is 18.9 Å². The van der Waals surface area contributed by atoms with E-state index in [1.807, 2.05) is 24.0 Å². The molecule has 0 spiro atoms. The summed E-state index contributed by atoms with van der Waals surface area (Å²) in [5.41, 5.74) is 0.997. The molecular weight excluding hydrogens is 474 g/mol. The second-order valence-corrected chi connectivity index (χ2v) is 6.29. The summed E-state index contributed by atoms with van der Waals surface area (Å²) < 4.78 is 19.0. The maximum atomic E-state index is 13.9. The Labute approximate surface area is 181 Å². The van der Waals surface area contributed by atoms with Crippen LogP contribution in [0, 0.1) is 5.82 Å². The lowest BCUT2D eigenvalue weighted by molar-refractivity contribution is 0.397. The van der Waals surface area contributed by atoms with Crippen molar-refractivity contribution in [2.24, 2.45) is 4.99 Å². The van der Waals surface area contributed by atoms with Crippen molar-refractivity contribution in [3.63, 3.8) is 0 Å². The first-order valence-corrected chi connectivity index (χ1v) is 9.08. The van der Waals surface area contributed by atoms with Crippen LogP contribution in [0.25, 0.3) is 0 Å². The van der Waals surface area contributed by atoms with Crippen LogP contribution in [0.4, 0.5) is 10.2 Å². The Hall–Kier alpha value is -2.17. The lowest BCUT2D eigenvalue weighted by Crippen LogP contribution is -2.44. The van der Waals surface area contributed by atoms with Gasteiger partial charge in [0.15, 0.2) is 17.6 Å². The quantitative estimate of drug-likeness (QED) is 0.361. The summed E-state index contributed by atoms with van der Waals surface area (Å²) in [4.78, 5) is 14.9. The lowest BCUT2D eigenvalue weighted by atomic mass is 10.2. The number of rotatable bonds is 6. The Morgan fingerprint density at radius 3 is 2.89 bits per heavy atom. The van der Waals surface area contributed by atoms with Crippen LogP contribution in [0.2, 0.25) is 0 Å². The average Bonchev–Trinajstić information content (AvgIpc) is 3.15. The van der Waals surface area contributed by atoms with Crippen molar-refractivity contribution >= 4 is 35.8 Å². The highest BCUT2D eigenvalue weighted by Gasteiger charge is 2.25. The van der Waals surface area contributed by atoms with E-state index in [0.29, 0.717) is 24.8 Å². The summed E-state index contributed by atoms with van der Waals surface area (Å²) in [5, 5.41) is 6.68. The van der Waals surface area contributed by atoms with Crippen LogP contribution in [0.3, 0.4) is 0 Å². The summed E-state index contributed by atoms with van der Waals surface area (Å²) in [7, 11) is 1.59. The second kappa shape index (κ2) is 11.0. The van der Waals surface area contributed by atoms with E-state index in [0.717, 1.165) is 31.0 Å². The van der Waals surface area contributed by atoms with Gasteiger partial charge in [-0.25, -0.2) is 19.4 Å². The Kier molecular flexibility index (Phi) is 8.68. The van der Waals surface area contributed by atoms with Crippen molar-refractivity contribution in [1.29, 1.82) is 0 Å². The SMILES string of the molecule is CCNC(=NCc1ccc(OC)nc1)NC1CCN(c2ncccc2F)C1.I. The first-order chi connectivity index (χ1) is 13.2. The van der Waals surface area contributed by atoms with Crippen molar-refractivity contribution < 1.29 is 9.13 Å². The van der Waals surface area contributed by atoms with E-state index >= 15 is 0 Å². The van der Waals surface area contributed by atoms with E-state index in [2.05, 4.69) is 25.6 Å². The van der Waals surface area contributed by atoms with Crippen molar-refractivity contribution in [3.8, 4) is 5.88 Å². The minimum absolute atomic E-state index is 0. The van der Waals surface area contributed by atoms with Gasteiger partial charge in [-0.2, -0.15) is 0 Å². The first-order valence-electron chi connectivity index (χ1n) is 9.08. The molecular formula is C19H26FIN6O. The molecule has 9 heteroatoms. The Bertz CT molecular complexity index is 773. The van der Waals surface area contributed by atoms with Gasteiger partial charge < -0.3 is 20.3 Å². The number of halogens is 2. The van der Waals surface area contributed by atoms with Crippen molar-refractivity contribution in [2.45, 2.75) is 25.9 Å². The largest absolute Gasteiger partial charge is 0.481 e. The molecule has 2 aromatic heterocycles. The second-order valence-electron chi connectivity index (χ2n) is 6.29. The molecule has 152 valence electrons. The molecule has 0 amide bonds. The molecule has 1 saturated heterocycles. The number of aliphatic imine (C=N–C) groups is 1. The first kappa shape index (κ1) is 22.1. The predicted molar refractivity (Wildman–Crippen MR) is 119 cm³/mol. The smallest absolute Gasteiger partial charge is 0.212 e. The maximum absolute atomic E-state index is 13.9. The molecule has 28 heavy (non-hydrogen) atoms. The maximum Gasteiger partial charge on any atom is 0.212 e. The van der Waals surface area contributed by atoms with E-state index in [-0.39, 0.29) is 35.8 Å². The molecule has 2 aromatic rings. The number of aromatic nitrogens is 2. The monoisotopic (exact) mass is 500 g/mol. The van der Waals surface area contributed by atoms with Gasteiger partial charge in [0.2, 0.25) is 5.88 Å². The summed E-state index contributed by atoms with van der Waals surface area (Å²) in [5.74, 6) is 1.45. The molecule has 2 N–H and O–H groups in total. The normalized spacial score (nSPS) is 16.5. The minimum atomic E-state index is -0.286. The van der Waals surface area contributed by atoms with Crippen molar-refractivity contribution in [3.05, 3.63) is 48.0 Å². The number of guanidine groups is 1. The Morgan fingerprint density at radius 1 is 1.36 bits per heavy atom. The molecule has 0 radical (unpaired) electrons. The zero-order valence-electron chi connectivity index (χ0n) is 16.1. The highest BCUT2D eigenvalue weighted by Crippen LogP contribution is 2.20. The summed E-state index contributed by atoms with van der Waals surface area (Å²) in [6.45, 7) is 4.74. The number of hydrogen-bond donors (Lipinski definition) is 2. The molecule has 1 aliphatic heterocycles. The molecule has 7 nitrogen and oxygen atoms in total. The van der Waals surface area contributed by atoms with Gasteiger partial charge in [-0.3, -0.25) is 0 Å². The fraction of sp³-hybridized carbons (Fsp3) is 0.421. The zero-order valence-corrected chi connectivity index (χ0v) is 18.4. The molecule has 1 unspecified atom stereocenters. The van der Waals surface area contributed by atoms with Gasteiger partial charge in [0.1, 0.15) is 0 Å². The fourth-order valence-corrected chi connectivity index (χ4v) is 2.99. The third-order valence-corrected chi connectivity index (χ3v) is 4.34. The third kappa shape index (κ3) is 5.91. The molecule has 0 aliphatic carbocycles. The molecule has 1 fully saturated rings. The van der Waals surface area contributed by atoms with E-state index < -0.39 is 0 Å². The van der Waals surface area contributed by atoms with Crippen LogP contribution in [0.15, 0.2) is 41.7 Å². The van der Waals surface area contributed by atoms with Crippen molar-refractivity contribution in [2.75, 3.05) is 31.6 Å². The number of methoxy groups -OCH3 is 1. The highest BCUT2D eigenvalue weighted by atomic mass is 127. The topological polar surface area (TPSA) is 74.7 Å².